The summed E-state index contributed by atoms with van der Waals surface area (Å²) >= 11 is 0. The van der Waals surface area contributed by atoms with Crippen molar-refractivity contribution in [2.45, 2.75) is 20.3 Å². The molecule has 56 valence electrons. The molecule has 1 fully saturated rings. The van der Waals surface area contributed by atoms with E-state index in [1.807, 2.05) is 19.9 Å². The van der Waals surface area contributed by atoms with Gasteiger partial charge >= 0.3 is 0 Å². The first-order chi connectivity index (χ1) is 4.70. The highest BCUT2D eigenvalue weighted by molar-refractivity contribution is 5.82. The number of hydrogen-bond acceptors (Lipinski definition) is 1. The van der Waals surface area contributed by atoms with Crippen molar-refractivity contribution < 1.29 is 4.79 Å². The lowest BCUT2D eigenvalue weighted by Crippen LogP contribution is -2.17. The van der Waals surface area contributed by atoms with E-state index in [0.717, 1.165) is 13.0 Å². The molecule has 1 saturated heterocycles. The summed E-state index contributed by atoms with van der Waals surface area (Å²) in [5.41, 5.74) is 1.22. The summed E-state index contributed by atoms with van der Waals surface area (Å²) in [4.78, 5) is 11.0. The summed E-state index contributed by atoms with van der Waals surface area (Å²) in [5.74, 6) is 0.325. The minimum absolute atomic E-state index is 0.144. The van der Waals surface area contributed by atoms with Gasteiger partial charge in [0.05, 0.1) is 5.92 Å². The monoisotopic (exact) mass is 139 g/mol. The molecule has 0 radical (unpaired) electrons. The van der Waals surface area contributed by atoms with E-state index < -0.39 is 0 Å². The molecule has 2 nitrogen and oxygen atoms in total. The maximum absolute atomic E-state index is 11.0. The van der Waals surface area contributed by atoms with Gasteiger partial charge in [0.1, 0.15) is 0 Å². The number of nitrogens with one attached hydrogen (secondary N) is 1. The van der Waals surface area contributed by atoms with Gasteiger partial charge in [0.15, 0.2) is 0 Å². The molecule has 0 aromatic heterocycles. The predicted octanol–water partition coefficient (Wildman–Crippen LogP) is 1.09. The fourth-order valence-electron chi connectivity index (χ4n) is 1.17. The summed E-state index contributed by atoms with van der Waals surface area (Å²) in [6, 6.07) is 0. The third kappa shape index (κ3) is 1.59. The smallest absolute Gasteiger partial charge is 0.226 e. The van der Waals surface area contributed by atoms with Crippen LogP contribution in [0.4, 0.5) is 0 Å². The quantitative estimate of drug-likeness (QED) is 0.541. The van der Waals surface area contributed by atoms with Gasteiger partial charge in [0.2, 0.25) is 5.91 Å². The summed E-state index contributed by atoms with van der Waals surface area (Å²) in [7, 11) is 0. The van der Waals surface area contributed by atoms with Gasteiger partial charge in [-0.15, -0.1) is 0 Å². The number of hydrogen-bond donors (Lipinski definition) is 1. The molecule has 1 aliphatic heterocycles. The fourth-order valence-corrected chi connectivity index (χ4v) is 1.17. The van der Waals surface area contributed by atoms with Crippen LogP contribution in [0.5, 0.6) is 0 Å². The van der Waals surface area contributed by atoms with Gasteiger partial charge in [-0.25, -0.2) is 0 Å². The Morgan fingerprint density at radius 3 is 2.80 bits per heavy atom. The SMILES string of the molecule is CC(C)=CC1CCNC1=O. The molecule has 1 aliphatic rings. The summed E-state index contributed by atoms with van der Waals surface area (Å²) in [5, 5.41) is 2.79. The van der Waals surface area contributed by atoms with Crippen LogP contribution in [-0.2, 0) is 4.79 Å². The van der Waals surface area contributed by atoms with Crippen molar-refractivity contribution in [1.29, 1.82) is 0 Å². The maximum Gasteiger partial charge on any atom is 0.226 e. The van der Waals surface area contributed by atoms with Crippen molar-refractivity contribution in [2.75, 3.05) is 6.54 Å². The van der Waals surface area contributed by atoms with Crippen LogP contribution in [-0.4, -0.2) is 12.5 Å². The second-order valence-corrected chi connectivity index (χ2v) is 2.93. The van der Waals surface area contributed by atoms with E-state index in [-0.39, 0.29) is 11.8 Å². The average Bonchev–Trinajstić information content (AvgIpc) is 2.15. The molecule has 1 N–H and O–H groups in total. The Balaban J connectivity index is 2.56. The second kappa shape index (κ2) is 2.86. The molecule has 0 aromatic carbocycles. The van der Waals surface area contributed by atoms with Crippen molar-refractivity contribution in [1.82, 2.24) is 5.32 Å². The zero-order valence-corrected chi connectivity index (χ0v) is 6.48. The van der Waals surface area contributed by atoms with Crippen LogP contribution in [0.15, 0.2) is 11.6 Å². The summed E-state index contributed by atoms with van der Waals surface area (Å²) < 4.78 is 0. The molecule has 0 aliphatic carbocycles. The van der Waals surface area contributed by atoms with E-state index in [0.29, 0.717) is 0 Å². The van der Waals surface area contributed by atoms with E-state index in [1.54, 1.807) is 0 Å². The minimum atomic E-state index is 0.144. The Morgan fingerprint density at radius 1 is 1.70 bits per heavy atom. The Labute approximate surface area is 61.3 Å². The minimum Gasteiger partial charge on any atom is -0.356 e. The molecule has 0 spiro atoms. The van der Waals surface area contributed by atoms with Gasteiger partial charge < -0.3 is 5.32 Å². The third-order valence-corrected chi connectivity index (χ3v) is 1.63. The highest BCUT2D eigenvalue weighted by Crippen LogP contribution is 2.12. The lowest BCUT2D eigenvalue weighted by atomic mass is 10.1. The molecular weight excluding hydrogens is 126 g/mol. The fraction of sp³-hybridized carbons (Fsp3) is 0.625. The highest BCUT2D eigenvalue weighted by atomic mass is 16.2. The number of carbonyl (C=O) groups excluding carboxylic acids is 1. The number of rotatable bonds is 1. The Hall–Kier alpha value is -0.790. The molecule has 1 amide bonds. The zero-order chi connectivity index (χ0) is 7.56. The van der Waals surface area contributed by atoms with Gasteiger partial charge in [0, 0.05) is 6.54 Å². The van der Waals surface area contributed by atoms with Crippen molar-refractivity contribution >= 4 is 5.91 Å². The van der Waals surface area contributed by atoms with E-state index in [9.17, 15) is 4.79 Å². The Bertz CT molecular complexity index is 168. The Morgan fingerprint density at radius 2 is 2.40 bits per heavy atom. The van der Waals surface area contributed by atoms with Crippen LogP contribution in [0.3, 0.4) is 0 Å². The molecule has 0 aromatic rings. The summed E-state index contributed by atoms with van der Waals surface area (Å²) in [6.07, 6.45) is 2.99. The van der Waals surface area contributed by atoms with Crippen molar-refractivity contribution in [3.8, 4) is 0 Å². The largest absolute Gasteiger partial charge is 0.356 e. The normalized spacial score (nSPS) is 24.2. The van der Waals surface area contributed by atoms with Gasteiger partial charge in [-0.05, 0) is 20.3 Å². The van der Waals surface area contributed by atoms with Gasteiger partial charge in [-0.3, -0.25) is 4.79 Å². The van der Waals surface area contributed by atoms with E-state index in [4.69, 9.17) is 0 Å². The zero-order valence-electron chi connectivity index (χ0n) is 6.48. The number of carbonyl (C=O) groups is 1. The van der Waals surface area contributed by atoms with Gasteiger partial charge in [-0.1, -0.05) is 11.6 Å². The first-order valence-corrected chi connectivity index (χ1v) is 3.63. The molecule has 10 heavy (non-hydrogen) atoms. The van der Waals surface area contributed by atoms with Crippen LogP contribution in [0.1, 0.15) is 20.3 Å². The van der Waals surface area contributed by atoms with Crippen molar-refractivity contribution in [3.05, 3.63) is 11.6 Å². The van der Waals surface area contributed by atoms with E-state index in [1.165, 1.54) is 5.57 Å². The number of amides is 1. The molecular formula is C8H13NO. The van der Waals surface area contributed by atoms with Crippen LogP contribution in [0.25, 0.3) is 0 Å². The third-order valence-electron chi connectivity index (χ3n) is 1.63. The van der Waals surface area contributed by atoms with Crippen LogP contribution >= 0.6 is 0 Å². The first kappa shape index (κ1) is 7.32. The molecule has 1 heterocycles. The molecule has 0 saturated carbocycles. The lowest BCUT2D eigenvalue weighted by Gasteiger charge is -1.98. The summed E-state index contributed by atoms with van der Waals surface area (Å²) in [6.45, 7) is 4.88. The molecule has 1 atom stereocenters. The molecule has 1 rings (SSSR count). The Kier molecular flexibility index (Phi) is 2.10. The molecule has 1 unspecified atom stereocenters. The molecule has 0 bridgehead atoms. The van der Waals surface area contributed by atoms with E-state index >= 15 is 0 Å². The standard InChI is InChI=1S/C8H13NO/c1-6(2)5-7-3-4-9-8(7)10/h5,7H,3-4H2,1-2H3,(H,9,10). The van der Waals surface area contributed by atoms with Gasteiger partial charge in [0.25, 0.3) is 0 Å². The maximum atomic E-state index is 11.0. The second-order valence-electron chi connectivity index (χ2n) is 2.93. The predicted molar refractivity (Wildman–Crippen MR) is 40.5 cm³/mol. The van der Waals surface area contributed by atoms with E-state index in [2.05, 4.69) is 5.32 Å². The number of allylic oxidation sites excluding steroid dienone is 1. The van der Waals surface area contributed by atoms with Crippen LogP contribution < -0.4 is 5.32 Å². The van der Waals surface area contributed by atoms with Crippen molar-refractivity contribution in [2.24, 2.45) is 5.92 Å². The average molecular weight is 139 g/mol. The van der Waals surface area contributed by atoms with Crippen LogP contribution in [0.2, 0.25) is 0 Å². The first-order valence-electron chi connectivity index (χ1n) is 3.63. The lowest BCUT2D eigenvalue weighted by molar-refractivity contribution is -0.121. The highest BCUT2D eigenvalue weighted by Gasteiger charge is 2.20. The molecule has 2 heteroatoms. The topological polar surface area (TPSA) is 29.1 Å². The van der Waals surface area contributed by atoms with Crippen molar-refractivity contribution in [3.63, 3.8) is 0 Å². The van der Waals surface area contributed by atoms with Gasteiger partial charge in [-0.2, -0.15) is 0 Å². The van der Waals surface area contributed by atoms with Crippen LogP contribution in [0, 0.1) is 5.92 Å².